The summed E-state index contributed by atoms with van der Waals surface area (Å²) in [6.07, 6.45) is 0. The highest BCUT2D eigenvalue weighted by Gasteiger charge is 2.10. The summed E-state index contributed by atoms with van der Waals surface area (Å²) >= 11 is 0. The topological polar surface area (TPSA) is 76.1 Å². The summed E-state index contributed by atoms with van der Waals surface area (Å²) in [5, 5.41) is 5.89. The zero-order chi connectivity index (χ0) is 15.1. The van der Waals surface area contributed by atoms with E-state index in [1.54, 1.807) is 20.1 Å². The van der Waals surface area contributed by atoms with Crippen LogP contribution in [0.4, 0.5) is 11.5 Å². The Morgan fingerprint density at radius 1 is 1.24 bits per heavy atom. The van der Waals surface area contributed by atoms with Crippen LogP contribution in [0.3, 0.4) is 0 Å². The fraction of sp³-hybridized carbons (Fsp3) is 0.267. The van der Waals surface area contributed by atoms with E-state index in [2.05, 4.69) is 20.6 Å². The van der Waals surface area contributed by atoms with Crippen molar-refractivity contribution in [2.24, 2.45) is 0 Å². The van der Waals surface area contributed by atoms with Crippen LogP contribution in [-0.4, -0.2) is 36.1 Å². The van der Waals surface area contributed by atoms with E-state index in [1.807, 2.05) is 30.3 Å². The minimum Gasteiger partial charge on any atom is -0.383 e. The van der Waals surface area contributed by atoms with Crippen LogP contribution in [-0.2, 0) is 4.74 Å². The number of para-hydroxylation sites is 1. The molecule has 0 saturated heterocycles. The maximum absolute atomic E-state index is 12.0. The van der Waals surface area contributed by atoms with E-state index >= 15 is 0 Å². The second-order valence-corrected chi connectivity index (χ2v) is 4.43. The Balaban J connectivity index is 2.11. The Labute approximate surface area is 123 Å². The van der Waals surface area contributed by atoms with Gasteiger partial charge >= 0.3 is 0 Å². The Morgan fingerprint density at radius 2 is 2.00 bits per heavy atom. The SMILES string of the molecule is COCCNC(=O)c1cc(Nc2ccccc2)nc(C)n1. The van der Waals surface area contributed by atoms with E-state index in [-0.39, 0.29) is 5.91 Å². The van der Waals surface area contributed by atoms with Gasteiger partial charge in [-0.15, -0.1) is 0 Å². The molecule has 0 aliphatic carbocycles. The van der Waals surface area contributed by atoms with Crippen LogP contribution in [0.1, 0.15) is 16.3 Å². The molecule has 2 N–H and O–H groups in total. The van der Waals surface area contributed by atoms with Crippen molar-refractivity contribution in [1.29, 1.82) is 0 Å². The number of carbonyl (C=O) groups excluding carboxylic acids is 1. The molecule has 6 heteroatoms. The number of aromatic nitrogens is 2. The molecule has 0 radical (unpaired) electrons. The molecular weight excluding hydrogens is 268 g/mol. The largest absolute Gasteiger partial charge is 0.383 e. The number of nitrogens with one attached hydrogen (secondary N) is 2. The predicted molar refractivity (Wildman–Crippen MR) is 80.7 cm³/mol. The molecule has 2 rings (SSSR count). The van der Waals surface area contributed by atoms with E-state index in [1.165, 1.54) is 0 Å². The van der Waals surface area contributed by atoms with E-state index < -0.39 is 0 Å². The second kappa shape index (κ2) is 7.35. The summed E-state index contributed by atoms with van der Waals surface area (Å²) < 4.78 is 4.89. The summed E-state index contributed by atoms with van der Waals surface area (Å²) in [6, 6.07) is 11.3. The Kier molecular flexibility index (Phi) is 5.22. The molecule has 0 aliphatic rings. The van der Waals surface area contributed by atoms with E-state index in [4.69, 9.17) is 4.74 Å². The third-order valence-corrected chi connectivity index (χ3v) is 2.71. The standard InChI is InChI=1S/C15H18N4O2/c1-11-17-13(15(20)16-8-9-21-2)10-14(18-11)19-12-6-4-3-5-7-12/h3-7,10H,8-9H2,1-2H3,(H,16,20)(H,17,18,19). The summed E-state index contributed by atoms with van der Waals surface area (Å²) in [7, 11) is 1.59. The number of hydrogen-bond donors (Lipinski definition) is 2. The van der Waals surface area contributed by atoms with Gasteiger partial charge in [-0.2, -0.15) is 0 Å². The number of aryl methyl sites for hydroxylation is 1. The third kappa shape index (κ3) is 4.54. The van der Waals surface area contributed by atoms with Crippen molar-refractivity contribution in [3.63, 3.8) is 0 Å². The van der Waals surface area contributed by atoms with Crippen LogP contribution < -0.4 is 10.6 Å². The average Bonchev–Trinajstić information content (AvgIpc) is 2.48. The van der Waals surface area contributed by atoms with Gasteiger partial charge in [0, 0.05) is 25.4 Å². The minimum absolute atomic E-state index is 0.242. The number of nitrogens with zero attached hydrogens (tertiary/aromatic N) is 2. The lowest BCUT2D eigenvalue weighted by atomic mass is 10.3. The van der Waals surface area contributed by atoms with Gasteiger partial charge in [-0.05, 0) is 19.1 Å². The highest BCUT2D eigenvalue weighted by Crippen LogP contribution is 2.14. The van der Waals surface area contributed by atoms with Gasteiger partial charge in [0.25, 0.3) is 5.91 Å². The van der Waals surface area contributed by atoms with E-state index in [9.17, 15) is 4.79 Å². The maximum atomic E-state index is 12.0. The van der Waals surface area contributed by atoms with Crippen molar-refractivity contribution in [3.05, 3.63) is 47.9 Å². The molecule has 110 valence electrons. The average molecular weight is 286 g/mol. The highest BCUT2D eigenvalue weighted by atomic mass is 16.5. The molecule has 0 bridgehead atoms. The van der Waals surface area contributed by atoms with Crippen LogP contribution in [0.5, 0.6) is 0 Å². The monoisotopic (exact) mass is 286 g/mol. The van der Waals surface area contributed by atoms with Crippen LogP contribution in [0.2, 0.25) is 0 Å². The number of hydrogen-bond acceptors (Lipinski definition) is 5. The molecule has 21 heavy (non-hydrogen) atoms. The molecule has 2 aromatic rings. The van der Waals surface area contributed by atoms with Gasteiger partial charge in [-0.25, -0.2) is 9.97 Å². The normalized spacial score (nSPS) is 10.2. The molecule has 1 aromatic carbocycles. The predicted octanol–water partition coefficient (Wildman–Crippen LogP) is 1.90. The minimum atomic E-state index is -0.242. The lowest BCUT2D eigenvalue weighted by Crippen LogP contribution is -2.28. The van der Waals surface area contributed by atoms with Crippen LogP contribution in [0, 0.1) is 6.92 Å². The second-order valence-electron chi connectivity index (χ2n) is 4.43. The lowest BCUT2D eigenvalue weighted by Gasteiger charge is -2.09. The van der Waals surface area contributed by atoms with Gasteiger partial charge in [0.05, 0.1) is 6.61 Å². The molecule has 1 aromatic heterocycles. The molecule has 0 unspecified atom stereocenters. The van der Waals surface area contributed by atoms with Gasteiger partial charge in [0.15, 0.2) is 0 Å². The fourth-order valence-electron chi connectivity index (χ4n) is 1.77. The van der Waals surface area contributed by atoms with Crippen molar-refractivity contribution in [2.45, 2.75) is 6.92 Å². The third-order valence-electron chi connectivity index (χ3n) is 2.71. The quantitative estimate of drug-likeness (QED) is 0.793. The van der Waals surface area contributed by atoms with Gasteiger partial charge in [0.1, 0.15) is 17.3 Å². The molecule has 1 heterocycles. The van der Waals surface area contributed by atoms with Crippen molar-refractivity contribution in [2.75, 3.05) is 25.6 Å². The summed E-state index contributed by atoms with van der Waals surface area (Å²) in [5.74, 6) is 0.882. The first-order valence-corrected chi connectivity index (χ1v) is 6.64. The number of amides is 1. The van der Waals surface area contributed by atoms with Crippen LogP contribution in [0.25, 0.3) is 0 Å². The summed E-state index contributed by atoms with van der Waals surface area (Å²) in [5.41, 5.74) is 1.23. The smallest absolute Gasteiger partial charge is 0.270 e. The first-order valence-electron chi connectivity index (χ1n) is 6.64. The highest BCUT2D eigenvalue weighted by molar-refractivity contribution is 5.93. The first-order chi connectivity index (χ1) is 10.2. The number of benzene rings is 1. The first kappa shape index (κ1) is 14.9. The van der Waals surface area contributed by atoms with Gasteiger partial charge in [-0.1, -0.05) is 18.2 Å². The number of methoxy groups -OCH3 is 1. The molecule has 0 fully saturated rings. The van der Waals surface area contributed by atoms with Gasteiger partial charge in [0.2, 0.25) is 0 Å². The number of anilines is 2. The number of rotatable bonds is 6. The molecular formula is C15H18N4O2. The number of carbonyl (C=O) groups is 1. The maximum Gasteiger partial charge on any atom is 0.270 e. The van der Waals surface area contributed by atoms with Crippen molar-refractivity contribution in [1.82, 2.24) is 15.3 Å². The Bertz CT molecular complexity index is 602. The van der Waals surface area contributed by atoms with Crippen LogP contribution in [0.15, 0.2) is 36.4 Å². The molecule has 1 amide bonds. The molecule has 0 atom stereocenters. The molecule has 0 spiro atoms. The van der Waals surface area contributed by atoms with Gasteiger partial charge in [-0.3, -0.25) is 4.79 Å². The fourth-order valence-corrected chi connectivity index (χ4v) is 1.77. The summed E-state index contributed by atoms with van der Waals surface area (Å²) in [4.78, 5) is 20.4. The van der Waals surface area contributed by atoms with E-state index in [0.717, 1.165) is 5.69 Å². The molecule has 0 saturated carbocycles. The summed E-state index contributed by atoms with van der Waals surface area (Å²) in [6.45, 7) is 2.66. The van der Waals surface area contributed by atoms with Crippen LogP contribution >= 0.6 is 0 Å². The zero-order valence-corrected chi connectivity index (χ0v) is 12.1. The van der Waals surface area contributed by atoms with Crippen molar-refractivity contribution >= 4 is 17.4 Å². The van der Waals surface area contributed by atoms with E-state index in [0.29, 0.717) is 30.5 Å². The van der Waals surface area contributed by atoms with Crippen molar-refractivity contribution < 1.29 is 9.53 Å². The molecule has 0 aliphatic heterocycles. The molecule has 6 nitrogen and oxygen atoms in total. The Hall–Kier alpha value is -2.47. The Morgan fingerprint density at radius 3 is 2.71 bits per heavy atom. The lowest BCUT2D eigenvalue weighted by molar-refractivity contribution is 0.0932. The number of ether oxygens (including phenoxy) is 1. The van der Waals surface area contributed by atoms with Gasteiger partial charge < -0.3 is 15.4 Å². The zero-order valence-electron chi connectivity index (χ0n) is 12.1. The van der Waals surface area contributed by atoms with Crippen molar-refractivity contribution in [3.8, 4) is 0 Å².